The number of nitrogens with zero attached hydrogens (tertiary/aromatic N) is 1. The Kier molecular flexibility index (Phi) is 9.32. The summed E-state index contributed by atoms with van der Waals surface area (Å²) in [5.74, 6) is 0. The van der Waals surface area contributed by atoms with Crippen molar-refractivity contribution >= 4 is 39.1 Å². The van der Waals surface area contributed by atoms with E-state index < -0.39 is 5.24 Å². The van der Waals surface area contributed by atoms with Crippen molar-refractivity contribution in [2.75, 3.05) is 0 Å². The zero-order chi connectivity index (χ0) is 11.5. The van der Waals surface area contributed by atoms with E-state index in [-0.39, 0.29) is 11.2 Å². The van der Waals surface area contributed by atoms with Crippen molar-refractivity contribution < 1.29 is 9.59 Å². The number of rotatable bonds is 4. The van der Waals surface area contributed by atoms with Gasteiger partial charge in [0.1, 0.15) is 6.29 Å². The topological polar surface area (TPSA) is 47.0 Å². The average molecular weight is 293 g/mol. The van der Waals surface area contributed by atoms with Crippen LogP contribution in [0.5, 0.6) is 0 Å². The lowest BCUT2D eigenvalue weighted by Crippen LogP contribution is -2.00. The third kappa shape index (κ3) is 11.2. The molecular weight excluding hydrogens is 281 g/mol. The van der Waals surface area contributed by atoms with Crippen LogP contribution >= 0.6 is 27.5 Å². The van der Waals surface area contributed by atoms with E-state index in [4.69, 9.17) is 11.6 Å². The van der Waals surface area contributed by atoms with Gasteiger partial charge in [0, 0.05) is 18.8 Å². The molecule has 0 aliphatic heterocycles. The molecule has 1 heterocycles. The van der Waals surface area contributed by atoms with Gasteiger partial charge in [0.15, 0.2) is 0 Å². The molecule has 1 unspecified atom stereocenters. The maximum Gasteiger partial charge on any atom is 0.221 e. The largest absolute Gasteiger partial charge is 0.302 e. The third-order valence-electron chi connectivity index (χ3n) is 1.33. The number of alkyl halides is 1. The summed E-state index contributed by atoms with van der Waals surface area (Å²) in [5.41, 5.74) is 0. The van der Waals surface area contributed by atoms with Gasteiger partial charge in [0.25, 0.3) is 0 Å². The minimum Gasteiger partial charge on any atom is -0.302 e. The van der Waals surface area contributed by atoms with E-state index in [1.165, 1.54) is 0 Å². The molecule has 0 saturated carbocycles. The number of carbonyl (C=O) groups excluding carboxylic acids is 2. The van der Waals surface area contributed by atoms with Crippen molar-refractivity contribution in [1.82, 2.24) is 4.98 Å². The summed E-state index contributed by atoms with van der Waals surface area (Å²) in [7, 11) is 0. The van der Waals surface area contributed by atoms with Crippen LogP contribution in [-0.2, 0) is 9.59 Å². The van der Waals surface area contributed by atoms with E-state index in [1.807, 2.05) is 18.2 Å². The van der Waals surface area contributed by atoms with Crippen molar-refractivity contribution in [2.45, 2.75) is 17.7 Å². The molecule has 0 aliphatic rings. The number of aromatic nitrogens is 1. The van der Waals surface area contributed by atoms with Crippen LogP contribution in [0.3, 0.4) is 0 Å². The molecule has 15 heavy (non-hydrogen) atoms. The van der Waals surface area contributed by atoms with Crippen molar-refractivity contribution in [3.05, 3.63) is 30.6 Å². The average Bonchev–Trinajstić information content (AvgIpc) is 2.29. The van der Waals surface area contributed by atoms with Gasteiger partial charge in [-0.25, -0.2) is 0 Å². The van der Waals surface area contributed by atoms with Gasteiger partial charge in [-0.05, 0) is 30.2 Å². The first-order chi connectivity index (χ1) is 7.16. The van der Waals surface area contributed by atoms with Gasteiger partial charge < -0.3 is 4.79 Å². The Morgan fingerprint density at radius 3 is 2.27 bits per heavy atom. The smallest absolute Gasteiger partial charge is 0.221 e. The van der Waals surface area contributed by atoms with Crippen LogP contribution < -0.4 is 0 Å². The predicted octanol–water partition coefficient (Wildman–Crippen LogP) is 2.58. The standard InChI is InChI=1S/C5H6BrClO2.C5H5N/c6-4(3-8)1-2-5(7)9;1-2-4-6-5-3-1/h3-4H,1-2H2;1-5H. The highest BCUT2D eigenvalue weighted by molar-refractivity contribution is 9.09. The third-order valence-corrected chi connectivity index (χ3v) is 2.19. The highest BCUT2D eigenvalue weighted by Crippen LogP contribution is 2.05. The zero-order valence-electron chi connectivity index (χ0n) is 7.98. The van der Waals surface area contributed by atoms with Crippen molar-refractivity contribution in [3.63, 3.8) is 0 Å². The SMILES string of the molecule is O=CC(Br)CCC(=O)Cl.c1ccncc1. The normalized spacial score (nSPS) is 10.8. The summed E-state index contributed by atoms with van der Waals surface area (Å²) in [6.07, 6.45) is 4.96. The van der Waals surface area contributed by atoms with Crippen LogP contribution in [0.4, 0.5) is 0 Å². The Bertz CT molecular complexity index is 255. The molecule has 0 amide bonds. The summed E-state index contributed by atoms with van der Waals surface area (Å²) < 4.78 is 0. The zero-order valence-corrected chi connectivity index (χ0v) is 10.3. The van der Waals surface area contributed by atoms with E-state index in [2.05, 4.69) is 20.9 Å². The number of halogens is 2. The molecule has 3 nitrogen and oxygen atoms in total. The van der Waals surface area contributed by atoms with E-state index in [1.54, 1.807) is 12.4 Å². The Labute approximate surface area is 102 Å². The van der Waals surface area contributed by atoms with Crippen LogP contribution in [0.1, 0.15) is 12.8 Å². The molecule has 0 fully saturated rings. The Morgan fingerprint density at radius 1 is 1.40 bits per heavy atom. The van der Waals surface area contributed by atoms with E-state index in [0.717, 1.165) is 6.29 Å². The Morgan fingerprint density at radius 2 is 2.00 bits per heavy atom. The van der Waals surface area contributed by atoms with E-state index in [9.17, 15) is 9.59 Å². The molecule has 0 radical (unpaired) electrons. The van der Waals surface area contributed by atoms with Crippen LogP contribution in [-0.4, -0.2) is 21.3 Å². The van der Waals surface area contributed by atoms with E-state index in [0.29, 0.717) is 6.42 Å². The summed E-state index contributed by atoms with van der Waals surface area (Å²) in [5, 5.41) is -0.402. The quantitative estimate of drug-likeness (QED) is 0.487. The lowest BCUT2D eigenvalue weighted by Gasteiger charge is -1.94. The summed E-state index contributed by atoms with van der Waals surface area (Å²) in [6.45, 7) is 0. The van der Waals surface area contributed by atoms with Gasteiger partial charge in [-0.3, -0.25) is 9.78 Å². The monoisotopic (exact) mass is 291 g/mol. The van der Waals surface area contributed by atoms with E-state index >= 15 is 0 Å². The summed E-state index contributed by atoms with van der Waals surface area (Å²) in [4.78, 5) is 23.6. The van der Waals surface area contributed by atoms with Crippen molar-refractivity contribution in [1.29, 1.82) is 0 Å². The van der Waals surface area contributed by atoms with Gasteiger partial charge in [0.2, 0.25) is 5.24 Å². The highest BCUT2D eigenvalue weighted by atomic mass is 79.9. The van der Waals surface area contributed by atoms with Gasteiger partial charge in [-0.15, -0.1) is 0 Å². The number of hydrogen-bond donors (Lipinski definition) is 0. The Hall–Kier alpha value is -0.740. The summed E-state index contributed by atoms with van der Waals surface area (Å²) in [6, 6.07) is 5.72. The molecule has 1 rings (SSSR count). The van der Waals surface area contributed by atoms with Crippen LogP contribution in [0, 0.1) is 0 Å². The second kappa shape index (κ2) is 9.80. The highest BCUT2D eigenvalue weighted by Gasteiger charge is 2.03. The number of hydrogen-bond acceptors (Lipinski definition) is 3. The minimum absolute atomic E-state index is 0.236. The molecule has 0 saturated heterocycles. The predicted molar refractivity (Wildman–Crippen MR) is 63.1 cm³/mol. The first-order valence-corrected chi connectivity index (χ1v) is 5.59. The van der Waals surface area contributed by atoms with Crippen molar-refractivity contribution in [3.8, 4) is 0 Å². The molecule has 0 bridgehead atoms. The van der Waals surface area contributed by atoms with Crippen LogP contribution in [0.25, 0.3) is 0 Å². The van der Waals surface area contributed by atoms with Gasteiger partial charge in [-0.2, -0.15) is 0 Å². The fourth-order valence-corrected chi connectivity index (χ4v) is 0.970. The van der Waals surface area contributed by atoms with Gasteiger partial charge in [-0.1, -0.05) is 22.0 Å². The van der Waals surface area contributed by atoms with Crippen molar-refractivity contribution in [2.24, 2.45) is 0 Å². The number of pyridine rings is 1. The molecule has 0 spiro atoms. The van der Waals surface area contributed by atoms with Crippen LogP contribution in [0.2, 0.25) is 0 Å². The second-order valence-corrected chi connectivity index (χ2v) is 4.17. The fraction of sp³-hybridized carbons (Fsp3) is 0.300. The molecule has 0 N–H and O–H groups in total. The number of carbonyl (C=O) groups is 2. The van der Waals surface area contributed by atoms with Crippen LogP contribution in [0.15, 0.2) is 30.6 Å². The fourth-order valence-electron chi connectivity index (χ4n) is 0.632. The molecule has 0 aliphatic carbocycles. The minimum atomic E-state index is -0.402. The molecule has 82 valence electrons. The molecule has 0 aromatic carbocycles. The molecule has 5 heteroatoms. The maximum atomic E-state index is 10.1. The molecule has 1 aromatic rings. The first-order valence-electron chi connectivity index (χ1n) is 4.29. The van der Waals surface area contributed by atoms with Gasteiger partial charge in [0.05, 0.1) is 4.83 Å². The van der Waals surface area contributed by atoms with Gasteiger partial charge >= 0.3 is 0 Å². The first kappa shape index (κ1) is 14.3. The summed E-state index contributed by atoms with van der Waals surface area (Å²) >= 11 is 8.03. The number of aldehydes is 1. The lowest BCUT2D eigenvalue weighted by molar-refractivity contribution is -0.111. The molecule has 1 aromatic heterocycles. The maximum absolute atomic E-state index is 10.1. The lowest BCUT2D eigenvalue weighted by atomic mass is 10.3. The molecule has 1 atom stereocenters. The Balaban J connectivity index is 0.000000280. The second-order valence-electron chi connectivity index (χ2n) is 2.57. The molecular formula is C10H11BrClNO2.